The number of fused-ring (bicyclic) bond motifs is 7. The number of ether oxygens (including phenoxy) is 1. The van der Waals surface area contributed by atoms with Gasteiger partial charge in [-0.25, -0.2) is 4.98 Å². The van der Waals surface area contributed by atoms with Crippen molar-refractivity contribution in [1.82, 2.24) is 14.1 Å². The van der Waals surface area contributed by atoms with E-state index in [2.05, 4.69) is 289 Å². The predicted octanol–water partition coefficient (Wildman–Crippen LogP) is 16.1. The first-order valence-corrected chi connectivity index (χ1v) is 28.5. The van der Waals surface area contributed by atoms with Crippen LogP contribution in [0.5, 0.6) is 11.5 Å². The third-order valence-corrected chi connectivity index (χ3v) is 16.5. The molecule has 9 aromatic carbocycles. The normalized spacial score (nSPS) is 13.0. The molecule has 2 aliphatic rings. The van der Waals surface area contributed by atoms with Gasteiger partial charge in [-0.2, -0.15) is 17.7 Å². The molecule has 14 rings (SSSR count). The van der Waals surface area contributed by atoms with Gasteiger partial charge in [0.15, 0.2) is 0 Å². The fraction of sp³-hybridized carbons (Fsp3) is 0.162. The van der Waals surface area contributed by atoms with Crippen molar-refractivity contribution < 1.29 is 30.4 Å². The van der Waals surface area contributed by atoms with Gasteiger partial charge >= 0.3 is 0 Å². The number of hydrogen-bond acceptors (Lipinski definition) is 4. The Hall–Kier alpha value is -8.71. The van der Waals surface area contributed by atoms with E-state index in [1.807, 2.05) is 33.8 Å². The van der Waals surface area contributed by atoms with Gasteiger partial charge in [-0.15, -0.1) is 29.7 Å². The van der Waals surface area contributed by atoms with E-state index in [1.165, 1.54) is 38.9 Å². The molecule has 2 aliphatic heterocycles. The maximum atomic E-state index is 6.93. The van der Waals surface area contributed by atoms with Crippen LogP contribution >= 0.6 is 0 Å². The predicted molar refractivity (Wildman–Crippen MR) is 338 cm³/mol. The molecule has 0 atom stereocenters. The van der Waals surface area contributed by atoms with Crippen LogP contribution in [0, 0.1) is 18.5 Å². The van der Waals surface area contributed by atoms with Crippen molar-refractivity contribution >= 4 is 79.0 Å². The number of hydrogen-bond donors (Lipinski definition) is 0. The molecule has 0 bridgehead atoms. The molecule has 12 aromatic rings. The Labute approximate surface area is 502 Å². The van der Waals surface area contributed by atoms with Crippen molar-refractivity contribution in [3.05, 3.63) is 254 Å². The summed E-state index contributed by atoms with van der Waals surface area (Å²) in [5.41, 5.74) is 20.1. The van der Waals surface area contributed by atoms with Crippen molar-refractivity contribution in [2.75, 3.05) is 9.80 Å². The number of imidazole rings is 1. The second-order valence-corrected chi connectivity index (χ2v) is 25.0. The van der Waals surface area contributed by atoms with Crippen LogP contribution in [0.25, 0.3) is 50.1 Å². The van der Waals surface area contributed by atoms with Crippen LogP contribution in [0.2, 0.25) is 0 Å². The summed E-state index contributed by atoms with van der Waals surface area (Å²) >= 11 is 0. The van der Waals surface area contributed by atoms with Gasteiger partial charge in [-0.1, -0.05) is 165 Å². The third kappa shape index (κ3) is 9.47. The molecule has 3 aromatic heterocycles. The molecule has 0 N–H and O–H groups in total. The van der Waals surface area contributed by atoms with Crippen LogP contribution < -0.4 is 35.5 Å². The standard InChI is InChI=1S/C74H63BN6O.Pt/c1-72(2,3)51-21-20-26-56(42-51)77-37-38-78(48-77)57-43-53(74(7,8)9)44-59(46-57)82-58-32-33-60-61-39-49(31-34-64(61)81(67(60)47-58)70-45-52(35-36-76-70)73(4,5)6)50-40-68-71-69(41-50)80(55-24-14-11-15-25-55)66-30-19-17-28-63(66)75(71)62-27-16-18-29-65(62)79(68)54-22-12-10-13-23-54;/h10-45H,1-9H3;/q-2;. The van der Waals surface area contributed by atoms with Gasteiger partial charge < -0.3 is 23.7 Å². The van der Waals surface area contributed by atoms with Crippen molar-refractivity contribution in [1.29, 1.82) is 0 Å². The van der Waals surface area contributed by atoms with Gasteiger partial charge in [-0.05, 0) is 145 Å². The Morgan fingerprint density at radius 1 is 0.494 bits per heavy atom. The average molecular weight is 1260 g/mol. The number of aromatic nitrogens is 4. The van der Waals surface area contributed by atoms with Gasteiger partial charge in [0.1, 0.15) is 5.82 Å². The summed E-state index contributed by atoms with van der Waals surface area (Å²) in [6.45, 7) is 20.2. The zero-order valence-corrected chi connectivity index (χ0v) is 50.5. The van der Waals surface area contributed by atoms with E-state index < -0.39 is 0 Å². The summed E-state index contributed by atoms with van der Waals surface area (Å²) in [7, 11) is 0. The monoisotopic (exact) mass is 1260 g/mol. The molecule has 0 saturated heterocycles. The van der Waals surface area contributed by atoms with Gasteiger partial charge in [0, 0.05) is 90.8 Å². The minimum absolute atomic E-state index is 0. The van der Waals surface area contributed by atoms with E-state index in [9.17, 15) is 0 Å². The molecular formula is C74H63BN6OPt-2. The number of benzene rings is 9. The minimum Gasteiger partial charge on any atom is -0.510 e. The number of para-hydroxylation sites is 4. The Balaban J connectivity index is 0.00000645. The smallest absolute Gasteiger partial charge is 0.267 e. The van der Waals surface area contributed by atoms with Gasteiger partial charge in [0.25, 0.3) is 13.0 Å². The third-order valence-electron chi connectivity index (χ3n) is 16.5. The molecule has 0 aliphatic carbocycles. The van der Waals surface area contributed by atoms with Crippen molar-refractivity contribution in [2.45, 2.75) is 78.6 Å². The minimum atomic E-state index is -0.181. The van der Waals surface area contributed by atoms with E-state index in [0.717, 1.165) is 78.4 Å². The summed E-state index contributed by atoms with van der Waals surface area (Å²) < 4.78 is 13.2. The Kier molecular flexibility index (Phi) is 13.1. The number of anilines is 6. The first kappa shape index (κ1) is 53.6. The van der Waals surface area contributed by atoms with Crippen LogP contribution in [-0.2, 0) is 37.3 Å². The number of nitrogens with zero attached hydrogens (tertiary/aromatic N) is 6. The summed E-state index contributed by atoms with van der Waals surface area (Å²) in [5, 5.41) is 2.13. The van der Waals surface area contributed by atoms with Crippen LogP contribution in [0.3, 0.4) is 0 Å². The second kappa shape index (κ2) is 20.3. The summed E-state index contributed by atoms with van der Waals surface area (Å²) in [4.78, 5) is 10.0. The van der Waals surface area contributed by atoms with E-state index in [1.54, 1.807) is 0 Å². The molecule has 5 heterocycles. The quantitative estimate of drug-likeness (QED) is 0.0864. The van der Waals surface area contributed by atoms with Crippen molar-refractivity contribution in [3.8, 4) is 39.8 Å². The largest absolute Gasteiger partial charge is 0.510 e. The SMILES string of the molecule is CC(C)(C)c1cc(Oc2[c-]c3c(cc2)c2cc(-c4cc5c6c(c4)N(c4ccccc4)c4ccccc4B6c4ccccc4N5c4ccccc4)ccc2n3-c2cc(C(C)(C)C)ccn2)[c-]c(-n2[c-][n+](-c3cccc(C(C)(C)C)c3)cc2)c1.[Pt]. The number of pyridine rings is 1. The molecule has 0 amide bonds. The first-order chi connectivity index (χ1) is 39.5. The van der Waals surface area contributed by atoms with Crippen molar-refractivity contribution in [2.24, 2.45) is 0 Å². The molecule has 0 spiro atoms. The Morgan fingerprint density at radius 2 is 1.11 bits per heavy atom. The Morgan fingerprint density at radius 3 is 1.75 bits per heavy atom. The fourth-order valence-electron chi connectivity index (χ4n) is 12.2. The molecule has 7 nitrogen and oxygen atoms in total. The van der Waals surface area contributed by atoms with E-state index >= 15 is 0 Å². The van der Waals surface area contributed by atoms with E-state index in [-0.39, 0.29) is 44.0 Å². The molecule has 410 valence electrons. The van der Waals surface area contributed by atoms with Crippen molar-refractivity contribution in [3.63, 3.8) is 0 Å². The molecule has 9 heteroatoms. The van der Waals surface area contributed by atoms with Gasteiger partial charge in [-0.3, -0.25) is 4.57 Å². The number of rotatable bonds is 8. The van der Waals surface area contributed by atoms with Crippen LogP contribution in [0.15, 0.2) is 219 Å². The topological polar surface area (TPSA) is 42.3 Å². The summed E-state index contributed by atoms with van der Waals surface area (Å²) in [5.74, 6) is 1.99. The zero-order chi connectivity index (χ0) is 56.2. The molecule has 0 fully saturated rings. The molecule has 0 saturated carbocycles. The fourth-order valence-corrected chi connectivity index (χ4v) is 12.2. The average Bonchev–Trinajstić information content (AvgIpc) is 2.34. The maximum Gasteiger partial charge on any atom is 0.267 e. The van der Waals surface area contributed by atoms with Gasteiger partial charge in [0.05, 0.1) is 5.69 Å². The van der Waals surface area contributed by atoms with Crippen LogP contribution in [0.1, 0.15) is 79.0 Å². The van der Waals surface area contributed by atoms with Crippen LogP contribution in [-0.4, -0.2) is 20.8 Å². The molecule has 83 heavy (non-hydrogen) atoms. The molecule has 0 radical (unpaired) electrons. The summed E-state index contributed by atoms with van der Waals surface area (Å²) in [6, 6.07) is 80.2. The Bertz CT molecular complexity index is 4350. The van der Waals surface area contributed by atoms with E-state index in [4.69, 9.17) is 9.72 Å². The molecular weight excluding hydrogens is 1190 g/mol. The maximum absolute atomic E-state index is 6.93. The van der Waals surface area contributed by atoms with Gasteiger partial charge in [0.2, 0.25) is 0 Å². The zero-order valence-electron chi connectivity index (χ0n) is 48.3. The second-order valence-electron chi connectivity index (χ2n) is 25.0. The van der Waals surface area contributed by atoms with E-state index in [0.29, 0.717) is 11.5 Å². The summed E-state index contributed by atoms with van der Waals surface area (Å²) in [6.07, 6.45) is 9.57. The first-order valence-electron chi connectivity index (χ1n) is 28.5. The van der Waals surface area contributed by atoms with Crippen LogP contribution in [0.4, 0.5) is 34.1 Å². The molecule has 0 unspecified atom stereocenters.